The molecular weight excluding hydrogens is 234 g/mol. The standard InChI is InChI=1S/C8H13N3O6/c9-5(12)2-11(3-6(10)13)4(8(16)17)1-7(14)15/h4H,1-3H2,(H2,9,12)(H2,10,13)(H,14,15)(H,16,17)/t4-/m0/s1. The molecule has 0 saturated heterocycles. The van der Waals surface area contributed by atoms with Gasteiger partial charge in [-0.05, 0) is 0 Å². The first-order valence-corrected chi connectivity index (χ1v) is 4.49. The summed E-state index contributed by atoms with van der Waals surface area (Å²) in [7, 11) is 0. The number of carbonyl (C=O) groups excluding carboxylic acids is 2. The van der Waals surface area contributed by atoms with E-state index in [-0.39, 0.29) is 0 Å². The molecule has 96 valence electrons. The van der Waals surface area contributed by atoms with E-state index >= 15 is 0 Å². The van der Waals surface area contributed by atoms with Gasteiger partial charge in [-0.25, -0.2) is 0 Å². The van der Waals surface area contributed by atoms with Crippen molar-refractivity contribution in [1.29, 1.82) is 0 Å². The Hall–Kier alpha value is -2.16. The van der Waals surface area contributed by atoms with Gasteiger partial charge in [-0.1, -0.05) is 0 Å². The Morgan fingerprint density at radius 3 is 1.65 bits per heavy atom. The highest BCUT2D eigenvalue weighted by Gasteiger charge is 2.30. The fourth-order valence-corrected chi connectivity index (χ4v) is 1.21. The van der Waals surface area contributed by atoms with Gasteiger partial charge in [0.2, 0.25) is 11.8 Å². The van der Waals surface area contributed by atoms with E-state index in [0.717, 1.165) is 4.90 Å². The van der Waals surface area contributed by atoms with Gasteiger partial charge in [0.05, 0.1) is 19.5 Å². The monoisotopic (exact) mass is 247 g/mol. The zero-order valence-electron chi connectivity index (χ0n) is 8.83. The Morgan fingerprint density at radius 1 is 1.00 bits per heavy atom. The predicted octanol–water partition coefficient (Wildman–Crippen LogP) is -2.81. The van der Waals surface area contributed by atoms with Crippen LogP contribution in [0.1, 0.15) is 6.42 Å². The van der Waals surface area contributed by atoms with Gasteiger partial charge >= 0.3 is 11.9 Å². The highest BCUT2D eigenvalue weighted by molar-refractivity contribution is 5.84. The Bertz CT molecular complexity index is 326. The van der Waals surface area contributed by atoms with E-state index in [9.17, 15) is 19.2 Å². The maximum atomic E-state index is 10.8. The molecule has 0 spiro atoms. The normalized spacial score (nSPS) is 12.1. The summed E-state index contributed by atoms with van der Waals surface area (Å²) >= 11 is 0. The van der Waals surface area contributed by atoms with Crippen LogP contribution in [0.25, 0.3) is 0 Å². The lowest BCUT2D eigenvalue weighted by atomic mass is 10.1. The molecular formula is C8H13N3O6. The van der Waals surface area contributed by atoms with Crippen molar-refractivity contribution in [1.82, 2.24) is 4.90 Å². The van der Waals surface area contributed by atoms with E-state index in [1.54, 1.807) is 0 Å². The van der Waals surface area contributed by atoms with Crippen LogP contribution in [0.2, 0.25) is 0 Å². The summed E-state index contributed by atoms with van der Waals surface area (Å²) in [5.41, 5.74) is 9.73. The number of primary amides is 2. The number of nitrogens with two attached hydrogens (primary N) is 2. The fraction of sp³-hybridized carbons (Fsp3) is 0.500. The van der Waals surface area contributed by atoms with Crippen LogP contribution in [-0.2, 0) is 19.2 Å². The highest BCUT2D eigenvalue weighted by atomic mass is 16.4. The number of amides is 2. The second-order valence-electron chi connectivity index (χ2n) is 3.29. The number of hydrogen-bond donors (Lipinski definition) is 4. The Labute approximate surface area is 96.0 Å². The van der Waals surface area contributed by atoms with Crippen molar-refractivity contribution in [2.45, 2.75) is 12.5 Å². The second kappa shape index (κ2) is 6.43. The van der Waals surface area contributed by atoms with Crippen molar-refractivity contribution in [3.63, 3.8) is 0 Å². The van der Waals surface area contributed by atoms with E-state index < -0.39 is 49.3 Å². The summed E-state index contributed by atoms with van der Waals surface area (Å²) in [6.07, 6.45) is -0.768. The summed E-state index contributed by atoms with van der Waals surface area (Å²) in [6.45, 7) is -1.12. The SMILES string of the molecule is NC(=O)CN(CC(N)=O)[C@@H](CC(=O)O)C(=O)O. The number of carboxylic acids is 2. The summed E-state index contributed by atoms with van der Waals surface area (Å²) in [5, 5.41) is 17.3. The van der Waals surface area contributed by atoms with Gasteiger partial charge in [-0.2, -0.15) is 0 Å². The van der Waals surface area contributed by atoms with E-state index in [1.165, 1.54) is 0 Å². The molecule has 0 heterocycles. The molecule has 0 fully saturated rings. The van der Waals surface area contributed by atoms with E-state index in [1.807, 2.05) is 0 Å². The number of aliphatic carboxylic acids is 2. The fourth-order valence-electron chi connectivity index (χ4n) is 1.21. The van der Waals surface area contributed by atoms with Crippen molar-refractivity contribution < 1.29 is 29.4 Å². The lowest BCUT2D eigenvalue weighted by molar-refractivity contribution is -0.150. The van der Waals surface area contributed by atoms with Crippen molar-refractivity contribution in [3.05, 3.63) is 0 Å². The van der Waals surface area contributed by atoms with E-state index in [0.29, 0.717) is 0 Å². The number of hydrogen-bond acceptors (Lipinski definition) is 5. The largest absolute Gasteiger partial charge is 0.481 e. The molecule has 0 unspecified atom stereocenters. The molecule has 0 aliphatic rings. The Morgan fingerprint density at radius 2 is 1.41 bits per heavy atom. The summed E-state index contributed by atoms with van der Waals surface area (Å²) < 4.78 is 0. The molecule has 0 bridgehead atoms. The van der Waals surface area contributed by atoms with Gasteiger partial charge in [0.15, 0.2) is 0 Å². The van der Waals surface area contributed by atoms with Crippen molar-refractivity contribution in [2.75, 3.05) is 13.1 Å². The predicted molar refractivity (Wildman–Crippen MR) is 53.6 cm³/mol. The molecule has 2 amide bonds. The topological polar surface area (TPSA) is 164 Å². The first-order chi connectivity index (χ1) is 7.73. The van der Waals surface area contributed by atoms with Crippen LogP contribution in [0.4, 0.5) is 0 Å². The number of carbonyl (C=O) groups is 4. The van der Waals surface area contributed by atoms with Crippen LogP contribution < -0.4 is 11.5 Å². The molecule has 0 aromatic heterocycles. The smallest absolute Gasteiger partial charge is 0.321 e. The Balaban J connectivity index is 4.91. The molecule has 0 aromatic rings. The number of rotatable bonds is 8. The van der Waals surface area contributed by atoms with Crippen LogP contribution in [0.15, 0.2) is 0 Å². The van der Waals surface area contributed by atoms with Gasteiger partial charge in [0.25, 0.3) is 0 Å². The molecule has 0 rings (SSSR count). The molecule has 1 atom stereocenters. The molecule has 6 N–H and O–H groups in total. The third kappa shape index (κ3) is 6.10. The first kappa shape index (κ1) is 14.8. The van der Waals surface area contributed by atoms with Crippen molar-refractivity contribution >= 4 is 23.8 Å². The molecule has 0 aromatic carbocycles. The second-order valence-corrected chi connectivity index (χ2v) is 3.29. The van der Waals surface area contributed by atoms with Gasteiger partial charge in [0.1, 0.15) is 6.04 Å². The van der Waals surface area contributed by atoms with Crippen molar-refractivity contribution in [3.8, 4) is 0 Å². The Kier molecular flexibility index (Phi) is 5.61. The minimum atomic E-state index is -1.53. The molecule has 0 aliphatic heterocycles. The van der Waals surface area contributed by atoms with E-state index in [4.69, 9.17) is 21.7 Å². The van der Waals surface area contributed by atoms with Crippen LogP contribution in [0.5, 0.6) is 0 Å². The third-order valence-electron chi connectivity index (χ3n) is 1.81. The highest BCUT2D eigenvalue weighted by Crippen LogP contribution is 2.04. The minimum absolute atomic E-state index is 0.562. The minimum Gasteiger partial charge on any atom is -0.481 e. The average Bonchev–Trinajstić information content (AvgIpc) is 2.10. The number of nitrogens with zero attached hydrogens (tertiary/aromatic N) is 1. The zero-order valence-corrected chi connectivity index (χ0v) is 8.83. The van der Waals surface area contributed by atoms with Crippen LogP contribution >= 0.6 is 0 Å². The first-order valence-electron chi connectivity index (χ1n) is 4.49. The number of carboxylic acid groups (broad SMARTS) is 2. The molecule has 0 radical (unpaired) electrons. The maximum absolute atomic E-state index is 10.8. The quantitative estimate of drug-likeness (QED) is 0.359. The molecule has 9 heteroatoms. The van der Waals surface area contributed by atoms with Crippen LogP contribution in [0, 0.1) is 0 Å². The molecule has 0 saturated carbocycles. The third-order valence-corrected chi connectivity index (χ3v) is 1.81. The summed E-state index contributed by atoms with van der Waals surface area (Å²) in [4.78, 5) is 43.5. The van der Waals surface area contributed by atoms with E-state index in [2.05, 4.69) is 0 Å². The lowest BCUT2D eigenvalue weighted by Crippen LogP contribution is -2.49. The zero-order chi connectivity index (χ0) is 13.6. The summed E-state index contributed by atoms with van der Waals surface area (Å²) in [6, 6.07) is -1.53. The van der Waals surface area contributed by atoms with Gasteiger partial charge in [-0.15, -0.1) is 0 Å². The van der Waals surface area contributed by atoms with Crippen molar-refractivity contribution in [2.24, 2.45) is 11.5 Å². The van der Waals surface area contributed by atoms with Gasteiger partial charge in [0, 0.05) is 0 Å². The molecule has 0 aliphatic carbocycles. The molecule has 17 heavy (non-hydrogen) atoms. The van der Waals surface area contributed by atoms with Crippen LogP contribution in [-0.4, -0.2) is 58.0 Å². The average molecular weight is 247 g/mol. The maximum Gasteiger partial charge on any atom is 0.321 e. The van der Waals surface area contributed by atoms with Gasteiger partial charge < -0.3 is 21.7 Å². The lowest BCUT2D eigenvalue weighted by Gasteiger charge is -2.24. The molecule has 9 nitrogen and oxygen atoms in total. The summed E-state index contributed by atoms with van der Waals surface area (Å²) in [5.74, 6) is -4.63. The van der Waals surface area contributed by atoms with Gasteiger partial charge in [-0.3, -0.25) is 24.1 Å². The van der Waals surface area contributed by atoms with Crippen LogP contribution in [0.3, 0.4) is 0 Å².